The van der Waals surface area contributed by atoms with Crippen molar-refractivity contribution in [3.8, 4) is 0 Å². The van der Waals surface area contributed by atoms with Crippen LogP contribution in [-0.4, -0.2) is 31.1 Å². The van der Waals surface area contributed by atoms with Crippen LogP contribution in [0.1, 0.15) is 32.1 Å². The molecule has 0 bridgehead atoms. The number of methoxy groups -OCH3 is 1. The summed E-state index contributed by atoms with van der Waals surface area (Å²) in [5.41, 5.74) is 0. The predicted octanol–water partition coefficient (Wildman–Crippen LogP) is 0.920. The Balaban J connectivity index is 2.65. The van der Waals surface area contributed by atoms with Gasteiger partial charge in [0, 0.05) is 26.4 Å². The van der Waals surface area contributed by atoms with Crippen molar-refractivity contribution < 1.29 is 19.1 Å². The zero-order valence-electron chi connectivity index (χ0n) is 8.95. The van der Waals surface area contributed by atoms with Gasteiger partial charge in [0.2, 0.25) is 0 Å². The second-order valence-corrected chi connectivity index (χ2v) is 3.78. The average Bonchev–Trinajstić information content (AvgIpc) is 2.36. The van der Waals surface area contributed by atoms with Crippen LogP contribution < -0.4 is 0 Å². The summed E-state index contributed by atoms with van der Waals surface area (Å²) in [7, 11) is 1.49. The molecule has 4 nitrogen and oxygen atoms in total. The molecule has 4 heteroatoms. The molecule has 1 aliphatic rings. The van der Waals surface area contributed by atoms with E-state index in [9.17, 15) is 14.4 Å². The van der Waals surface area contributed by atoms with Gasteiger partial charge in [0.25, 0.3) is 0 Å². The number of rotatable bonds is 4. The number of Topliss-reactive ketones (excluding diaryl/α,β-unsaturated/α-hetero) is 3. The molecule has 0 aromatic carbocycles. The third-order valence-corrected chi connectivity index (χ3v) is 2.61. The van der Waals surface area contributed by atoms with Gasteiger partial charge in [-0.25, -0.2) is 0 Å². The number of carbonyl (C=O) groups is 3. The highest BCUT2D eigenvalue weighted by atomic mass is 16.5. The zero-order valence-corrected chi connectivity index (χ0v) is 8.95. The summed E-state index contributed by atoms with van der Waals surface area (Å²) >= 11 is 0. The van der Waals surface area contributed by atoms with Crippen molar-refractivity contribution in [1.82, 2.24) is 0 Å². The second kappa shape index (κ2) is 5.75. The number of hydrogen-bond donors (Lipinski definition) is 0. The summed E-state index contributed by atoms with van der Waals surface area (Å²) < 4.78 is 4.76. The van der Waals surface area contributed by atoms with Gasteiger partial charge in [-0.3, -0.25) is 14.4 Å². The lowest BCUT2D eigenvalue weighted by Crippen LogP contribution is -2.31. The standard InChI is InChI=1S/C11H16O4/c1-15-7-6-10(14)11-8(12)4-2-3-5-9(11)13/h11H,2-7H2,1H3. The highest BCUT2D eigenvalue weighted by Gasteiger charge is 2.33. The molecule has 15 heavy (non-hydrogen) atoms. The molecule has 0 saturated heterocycles. The fourth-order valence-corrected chi connectivity index (χ4v) is 1.77. The molecule has 1 saturated carbocycles. The van der Waals surface area contributed by atoms with Crippen LogP contribution in [0, 0.1) is 5.92 Å². The third kappa shape index (κ3) is 3.23. The van der Waals surface area contributed by atoms with Crippen molar-refractivity contribution in [2.24, 2.45) is 5.92 Å². The minimum Gasteiger partial charge on any atom is -0.384 e. The maximum Gasteiger partial charge on any atom is 0.153 e. The van der Waals surface area contributed by atoms with Gasteiger partial charge in [-0.1, -0.05) is 0 Å². The Morgan fingerprint density at radius 1 is 1.27 bits per heavy atom. The topological polar surface area (TPSA) is 60.4 Å². The molecule has 0 aromatic rings. The molecule has 0 aliphatic heterocycles. The van der Waals surface area contributed by atoms with Crippen LogP contribution in [0.5, 0.6) is 0 Å². The van der Waals surface area contributed by atoms with E-state index in [-0.39, 0.29) is 30.4 Å². The Labute approximate surface area is 89.0 Å². The first-order chi connectivity index (χ1) is 7.16. The molecule has 0 aromatic heterocycles. The SMILES string of the molecule is COCCC(=O)C1C(=O)CCCCC1=O. The minimum atomic E-state index is -0.998. The first-order valence-corrected chi connectivity index (χ1v) is 5.24. The lowest BCUT2D eigenvalue weighted by atomic mass is 9.91. The largest absolute Gasteiger partial charge is 0.384 e. The quantitative estimate of drug-likeness (QED) is 0.513. The highest BCUT2D eigenvalue weighted by molar-refractivity contribution is 6.19. The van der Waals surface area contributed by atoms with Gasteiger partial charge >= 0.3 is 0 Å². The summed E-state index contributed by atoms with van der Waals surface area (Å²) in [6, 6.07) is 0. The van der Waals surface area contributed by atoms with Gasteiger partial charge in [-0.15, -0.1) is 0 Å². The van der Waals surface area contributed by atoms with Crippen LogP contribution in [0.3, 0.4) is 0 Å². The van der Waals surface area contributed by atoms with Crippen molar-refractivity contribution in [3.05, 3.63) is 0 Å². The van der Waals surface area contributed by atoms with E-state index in [1.54, 1.807) is 0 Å². The van der Waals surface area contributed by atoms with Gasteiger partial charge in [-0.2, -0.15) is 0 Å². The molecule has 0 radical (unpaired) electrons. The molecule has 0 atom stereocenters. The van der Waals surface area contributed by atoms with Crippen LogP contribution in [0.2, 0.25) is 0 Å². The normalized spacial score (nSPS) is 19.0. The fourth-order valence-electron chi connectivity index (χ4n) is 1.77. The van der Waals surface area contributed by atoms with Crippen molar-refractivity contribution in [3.63, 3.8) is 0 Å². The Bertz CT molecular complexity index is 252. The van der Waals surface area contributed by atoms with E-state index in [0.717, 1.165) is 12.8 Å². The molecular formula is C11H16O4. The first-order valence-electron chi connectivity index (χ1n) is 5.24. The van der Waals surface area contributed by atoms with Crippen LogP contribution in [0.25, 0.3) is 0 Å². The molecule has 84 valence electrons. The number of ketones is 3. The Morgan fingerprint density at radius 2 is 1.80 bits per heavy atom. The number of carbonyl (C=O) groups excluding carboxylic acids is 3. The Hall–Kier alpha value is -1.03. The summed E-state index contributed by atoms with van der Waals surface area (Å²) in [6.45, 7) is 0.274. The van der Waals surface area contributed by atoms with Crippen molar-refractivity contribution in [2.75, 3.05) is 13.7 Å². The molecule has 0 amide bonds. The smallest absolute Gasteiger partial charge is 0.153 e. The van der Waals surface area contributed by atoms with E-state index in [2.05, 4.69) is 0 Å². The van der Waals surface area contributed by atoms with E-state index in [1.165, 1.54) is 7.11 Å². The van der Waals surface area contributed by atoms with E-state index in [0.29, 0.717) is 12.8 Å². The maximum atomic E-state index is 11.6. The summed E-state index contributed by atoms with van der Waals surface area (Å²) in [6.07, 6.45) is 2.31. The zero-order chi connectivity index (χ0) is 11.3. The molecule has 0 spiro atoms. The third-order valence-electron chi connectivity index (χ3n) is 2.61. The van der Waals surface area contributed by atoms with Crippen molar-refractivity contribution in [2.45, 2.75) is 32.1 Å². The second-order valence-electron chi connectivity index (χ2n) is 3.78. The molecule has 1 rings (SSSR count). The van der Waals surface area contributed by atoms with E-state index in [4.69, 9.17) is 4.74 Å². The predicted molar refractivity (Wildman–Crippen MR) is 53.5 cm³/mol. The molecular weight excluding hydrogens is 196 g/mol. The highest BCUT2D eigenvalue weighted by Crippen LogP contribution is 2.18. The summed E-state index contributed by atoms with van der Waals surface area (Å²) in [4.78, 5) is 34.7. The minimum absolute atomic E-state index is 0.151. The lowest BCUT2D eigenvalue weighted by Gasteiger charge is -2.09. The van der Waals surface area contributed by atoms with Crippen LogP contribution in [0.15, 0.2) is 0 Å². The lowest BCUT2D eigenvalue weighted by molar-refractivity contribution is -0.139. The summed E-state index contributed by atoms with van der Waals surface area (Å²) in [5, 5.41) is 0. The molecule has 0 unspecified atom stereocenters. The van der Waals surface area contributed by atoms with Gasteiger partial charge < -0.3 is 4.74 Å². The fraction of sp³-hybridized carbons (Fsp3) is 0.727. The van der Waals surface area contributed by atoms with Crippen molar-refractivity contribution >= 4 is 17.3 Å². The van der Waals surface area contributed by atoms with Gasteiger partial charge in [0.1, 0.15) is 5.92 Å². The Morgan fingerprint density at radius 3 is 2.27 bits per heavy atom. The van der Waals surface area contributed by atoms with Crippen LogP contribution >= 0.6 is 0 Å². The number of hydrogen-bond acceptors (Lipinski definition) is 4. The monoisotopic (exact) mass is 212 g/mol. The van der Waals surface area contributed by atoms with E-state index >= 15 is 0 Å². The van der Waals surface area contributed by atoms with Gasteiger partial charge in [-0.05, 0) is 12.8 Å². The van der Waals surface area contributed by atoms with Gasteiger partial charge in [0.15, 0.2) is 17.3 Å². The average molecular weight is 212 g/mol. The Kier molecular flexibility index (Phi) is 4.62. The molecule has 0 heterocycles. The van der Waals surface area contributed by atoms with Crippen LogP contribution in [-0.2, 0) is 19.1 Å². The molecule has 1 fully saturated rings. The van der Waals surface area contributed by atoms with Crippen molar-refractivity contribution in [1.29, 1.82) is 0 Å². The summed E-state index contributed by atoms with van der Waals surface area (Å²) in [5.74, 6) is -1.70. The molecule has 1 aliphatic carbocycles. The first kappa shape index (κ1) is 12.0. The maximum absolute atomic E-state index is 11.6. The van der Waals surface area contributed by atoms with Gasteiger partial charge in [0.05, 0.1) is 6.61 Å². The van der Waals surface area contributed by atoms with E-state index in [1.807, 2.05) is 0 Å². The number of ether oxygens (including phenoxy) is 1. The van der Waals surface area contributed by atoms with E-state index < -0.39 is 5.92 Å². The van der Waals surface area contributed by atoms with Crippen LogP contribution in [0.4, 0.5) is 0 Å². The molecule has 0 N–H and O–H groups in total.